The first kappa shape index (κ1) is 22.6. The van der Waals surface area contributed by atoms with Gasteiger partial charge in [-0.3, -0.25) is 0 Å². The average molecular weight is 496 g/mol. The summed E-state index contributed by atoms with van der Waals surface area (Å²) in [6.45, 7) is 9.66. The zero-order valence-electron chi connectivity index (χ0n) is 17.3. The third-order valence-electron chi connectivity index (χ3n) is 4.90. The van der Waals surface area contributed by atoms with Gasteiger partial charge in [0.15, 0.2) is 11.8 Å². The molecule has 7 heteroatoms. The van der Waals surface area contributed by atoms with Crippen molar-refractivity contribution in [2.24, 2.45) is 4.99 Å². The van der Waals surface area contributed by atoms with Gasteiger partial charge in [-0.1, -0.05) is 35.7 Å². The van der Waals surface area contributed by atoms with E-state index in [1.54, 1.807) is 0 Å². The van der Waals surface area contributed by atoms with Crippen LogP contribution in [0, 0.1) is 13.8 Å². The number of aryl methyl sites for hydroxylation is 3. The van der Waals surface area contributed by atoms with Crippen molar-refractivity contribution < 1.29 is 0 Å². The number of aromatic nitrogens is 3. The Morgan fingerprint density at radius 2 is 1.86 bits per heavy atom. The molecule has 0 radical (unpaired) electrons. The van der Waals surface area contributed by atoms with Gasteiger partial charge in [0.25, 0.3) is 0 Å². The van der Waals surface area contributed by atoms with E-state index in [4.69, 9.17) is 4.99 Å². The fourth-order valence-corrected chi connectivity index (χ4v) is 3.69. The van der Waals surface area contributed by atoms with E-state index in [1.807, 2.05) is 0 Å². The van der Waals surface area contributed by atoms with Gasteiger partial charge in [0, 0.05) is 26.1 Å². The van der Waals surface area contributed by atoms with Crippen LogP contribution in [0.5, 0.6) is 0 Å². The smallest absolute Gasteiger partial charge is 0.191 e. The van der Waals surface area contributed by atoms with E-state index >= 15 is 0 Å². The first-order chi connectivity index (χ1) is 13.2. The normalized spacial score (nSPS) is 14.0. The van der Waals surface area contributed by atoms with Crippen LogP contribution >= 0.6 is 24.0 Å². The molecular weight excluding hydrogens is 463 g/mol. The zero-order valence-corrected chi connectivity index (χ0v) is 19.6. The summed E-state index contributed by atoms with van der Waals surface area (Å²) < 4.78 is 2.26. The van der Waals surface area contributed by atoms with Crippen LogP contribution in [0.3, 0.4) is 0 Å². The van der Waals surface area contributed by atoms with Gasteiger partial charge in [-0.15, -0.1) is 34.2 Å². The van der Waals surface area contributed by atoms with Crippen molar-refractivity contribution in [1.29, 1.82) is 0 Å². The molecule has 2 heterocycles. The predicted molar refractivity (Wildman–Crippen MR) is 125 cm³/mol. The van der Waals surface area contributed by atoms with Crippen molar-refractivity contribution in [2.75, 3.05) is 13.1 Å². The van der Waals surface area contributed by atoms with Gasteiger partial charge in [-0.2, -0.15) is 0 Å². The molecule has 0 aliphatic carbocycles. The van der Waals surface area contributed by atoms with Crippen molar-refractivity contribution >= 4 is 29.9 Å². The Morgan fingerprint density at radius 1 is 1.07 bits per heavy atom. The Bertz CT molecular complexity index is 763. The van der Waals surface area contributed by atoms with Gasteiger partial charge in [0.2, 0.25) is 0 Å². The summed E-state index contributed by atoms with van der Waals surface area (Å²) in [6.07, 6.45) is 5.70. The maximum atomic E-state index is 4.73. The molecule has 2 aromatic rings. The number of guanidine groups is 1. The lowest BCUT2D eigenvalue weighted by Crippen LogP contribution is -2.38. The molecular formula is C21H33IN6. The summed E-state index contributed by atoms with van der Waals surface area (Å²) in [5.41, 5.74) is 4.00. The molecule has 0 atom stereocenters. The Balaban J connectivity index is 0.00000280. The number of hydrogen-bond acceptors (Lipinski definition) is 3. The van der Waals surface area contributed by atoms with Crippen molar-refractivity contribution in [3.63, 3.8) is 0 Å². The number of nitrogens with zero attached hydrogens (tertiary/aromatic N) is 4. The molecule has 1 aromatic heterocycles. The lowest BCUT2D eigenvalue weighted by atomic mass is 10.1. The van der Waals surface area contributed by atoms with Gasteiger partial charge in [0.05, 0.1) is 0 Å². The highest BCUT2D eigenvalue weighted by Gasteiger charge is 2.14. The van der Waals surface area contributed by atoms with Crippen molar-refractivity contribution in [1.82, 2.24) is 25.4 Å². The van der Waals surface area contributed by atoms with Gasteiger partial charge >= 0.3 is 0 Å². The molecule has 28 heavy (non-hydrogen) atoms. The molecule has 1 aromatic carbocycles. The van der Waals surface area contributed by atoms with Crippen molar-refractivity contribution in [3.05, 3.63) is 46.5 Å². The molecule has 0 bridgehead atoms. The first-order valence-corrected chi connectivity index (χ1v) is 10.2. The van der Waals surface area contributed by atoms with Crippen LogP contribution in [0.4, 0.5) is 0 Å². The number of aliphatic imine (C=N–C) groups is 1. The molecule has 0 saturated carbocycles. The number of nitrogens with one attached hydrogen (secondary N) is 2. The number of benzene rings is 1. The monoisotopic (exact) mass is 496 g/mol. The number of rotatable bonds is 6. The van der Waals surface area contributed by atoms with E-state index in [2.05, 4.69) is 64.4 Å². The molecule has 0 saturated heterocycles. The fourth-order valence-electron chi connectivity index (χ4n) is 3.69. The highest BCUT2D eigenvalue weighted by atomic mass is 127. The predicted octanol–water partition coefficient (Wildman–Crippen LogP) is 3.54. The van der Waals surface area contributed by atoms with E-state index in [9.17, 15) is 0 Å². The molecule has 1 aliphatic heterocycles. The van der Waals surface area contributed by atoms with Crippen molar-refractivity contribution in [2.45, 2.75) is 66.0 Å². The van der Waals surface area contributed by atoms with E-state index < -0.39 is 0 Å². The highest BCUT2D eigenvalue weighted by molar-refractivity contribution is 14.0. The lowest BCUT2D eigenvalue weighted by Gasteiger charge is -2.12. The van der Waals surface area contributed by atoms with Crippen LogP contribution in [0.1, 0.15) is 54.5 Å². The molecule has 0 spiro atoms. The summed E-state index contributed by atoms with van der Waals surface area (Å²) in [7, 11) is 0. The fraction of sp³-hybridized carbons (Fsp3) is 0.571. The topological polar surface area (TPSA) is 67.1 Å². The van der Waals surface area contributed by atoms with Crippen LogP contribution in [0.15, 0.2) is 23.2 Å². The van der Waals surface area contributed by atoms with Gasteiger partial charge in [0.1, 0.15) is 12.4 Å². The van der Waals surface area contributed by atoms with E-state index in [1.165, 1.54) is 36.0 Å². The summed E-state index contributed by atoms with van der Waals surface area (Å²) in [5.74, 6) is 2.93. The standard InChI is InChI=1S/C21H32N6.HI/c1-4-22-21(23-10-9-18-13-16(2)12-17(3)14-18)24-15-20-26-25-19-8-6-5-7-11-27(19)20;/h12-14H,4-11,15H2,1-3H3,(H2,22,23,24);1H. The molecule has 1 aliphatic rings. The SMILES string of the molecule is CCNC(=NCc1nnc2n1CCCCC2)NCCc1cc(C)cc(C)c1.I. The second-order valence-corrected chi connectivity index (χ2v) is 7.36. The van der Waals surface area contributed by atoms with Crippen LogP contribution in [-0.2, 0) is 25.9 Å². The Morgan fingerprint density at radius 3 is 2.61 bits per heavy atom. The molecule has 2 N–H and O–H groups in total. The van der Waals surface area contributed by atoms with E-state index in [-0.39, 0.29) is 24.0 Å². The van der Waals surface area contributed by atoms with Crippen LogP contribution in [0.2, 0.25) is 0 Å². The Hall–Kier alpha value is -1.64. The summed E-state index contributed by atoms with van der Waals surface area (Å²) >= 11 is 0. The molecule has 0 unspecified atom stereocenters. The molecule has 0 amide bonds. The zero-order chi connectivity index (χ0) is 19.1. The van der Waals surface area contributed by atoms with E-state index in [0.717, 1.165) is 50.1 Å². The number of fused-ring (bicyclic) bond motifs is 1. The third-order valence-corrected chi connectivity index (χ3v) is 4.90. The summed E-state index contributed by atoms with van der Waals surface area (Å²) in [6, 6.07) is 6.72. The van der Waals surface area contributed by atoms with Gasteiger partial charge in [-0.05, 0) is 45.6 Å². The molecule has 154 valence electrons. The third kappa shape index (κ3) is 6.46. The molecule has 6 nitrogen and oxygen atoms in total. The first-order valence-electron chi connectivity index (χ1n) is 10.2. The minimum absolute atomic E-state index is 0. The summed E-state index contributed by atoms with van der Waals surface area (Å²) in [5, 5.41) is 15.5. The second-order valence-electron chi connectivity index (χ2n) is 7.36. The molecule has 0 fully saturated rings. The average Bonchev–Trinajstić information content (AvgIpc) is 2.85. The van der Waals surface area contributed by atoms with Crippen LogP contribution < -0.4 is 10.6 Å². The minimum Gasteiger partial charge on any atom is -0.357 e. The van der Waals surface area contributed by atoms with E-state index in [0.29, 0.717) is 6.54 Å². The van der Waals surface area contributed by atoms with Crippen LogP contribution in [0.25, 0.3) is 0 Å². The maximum absolute atomic E-state index is 4.73. The van der Waals surface area contributed by atoms with Gasteiger partial charge < -0.3 is 15.2 Å². The van der Waals surface area contributed by atoms with Crippen LogP contribution in [-0.4, -0.2) is 33.8 Å². The maximum Gasteiger partial charge on any atom is 0.191 e. The Kier molecular flexibility index (Phi) is 9.21. The highest BCUT2D eigenvalue weighted by Crippen LogP contribution is 2.14. The molecule has 3 rings (SSSR count). The quantitative estimate of drug-likeness (QED) is 0.365. The van der Waals surface area contributed by atoms with Crippen molar-refractivity contribution in [3.8, 4) is 0 Å². The minimum atomic E-state index is 0. The number of halogens is 1. The lowest BCUT2D eigenvalue weighted by molar-refractivity contribution is 0.605. The largest absolute Gasteiger partial charge is 0.357 e. The second kappa shape index (κ2) is 11.4. The Labute approximate surface area is 185 Å². The number of hydrogen-bond donors (Lipinski definition) is 2. The van der Waals surface area contributed by atoms with Gasteiger partial charge in [-0.25, -0.2) is 4.99 Å². The summed E-state index contributed by atoms with van der Waals surface area (Å²) in [4.78, 5) is 4.73.